The highest BCUT2D eigenvalue weighted by Gasteiger charge is 2.17. The van der Waals surface area contributed by atoms with Crippen LogP contribution in [0, 0.1) is 19.8 Å². The lowest BCUT2D eigenvalue weighted by Gasteiger charge is -2.19. The van der Waals surface area contributed by atoms with Gasteiger partial charge in [-0.3, -0.25) is 4.57 Å². The van der Waals surface area contributed by atoms with Crippen LogP contribution in [0.2, 0.25) is 0 Å². The van der Waals surface area contributed by atoms with Crippen LogP contribution in [0.5, 0.6) is 0 Å². The molecule has 0 aliphatic carbocycles. The minimum Gasteiger partial charge on any atom is -0.309 e. The predicted molar refractivity (Wildman–Crippen MR) is 170 cm³/mol. The van der Waals surface area contributed by atoms with Crippen LogP contribution in [0.3, 0.4) is 0 Å². The van der Waals surface area contributed by atoms with Crippen molar-refractivity contribution >= 4 is 21.8 Å². The molecule has 0 fully saturated rings. The Morgan fingerprint density at radius 3 is 2.25 bits per heavy atom. The van der Waals surface area contributed by atoms with Gasteiger partial charge in [0.05, 0.1) is 16.7 Å². The fourth-order valence-electron chi connectivity index (χ4n) is 6.48. The number of para-hydroxylation sites is 2. The van der Waals surface area contributed by atoms with Crippen molar-refractivity contribution in [2.24, 2.45) is 5.92 Å². The molecule has 2 aromatic heterocycles. The summed E-state index contributed by atoms with van der Waals surface area (Å²) in [5, 5.41) is 2.50. The van der Waals surface area contributed by atoms with Crippen molar-refractivity contribution in [3.63, 3.8) is 0 Å². The maximum atomic E-state index is 4.87. The molecule has 0 aliphatic rings. The molecule has 3 heteroatoms. The lowest BCUT2D eigenvalue weighted by molar-refractivity contribution is 0.449. The Morgan fingerprint density at radius 2 is 1.50 bits per heavy atom. The summed E-state index contributed by atoms with van der Waals surface area (Å²) < 4.78 is 4.64. The van der Waals surface area contributed by atoms with Crippen molar-refractivity contribution < 1.29 is 0 Å². The van der Waals surface area contributed by atoms with Crippen LogP contribution >= 0.6 is 0 Å². The summed E-state index contributed by atoms with van der Waals surface area (Å²) in [6.45, 7) is 9.12. The van der Waals surface area contributed by atoms with E-state index >= 15 is 0 Å². The number of imidazole rings is 1. The molecule has 0 saturated heterocycles. The maximum absolute atomic E-state index is 4.87. The molecule has 3 nitrogen and oxygen atoms in total. The highest BCUT2D eigenvalue weighted by molar-refractivity contribution is 6.10. The first-order valence-electron chi connectivity index (χ1n) is 14.8. The summed E-state index contributed by atoms with van der Waals surface area (Å²) >= 11 is 0. The van der Waals surface area contributed by atoms with Crippen LogP contribution in [-0.4, -0.2) is 14.1 Å². The molecule has 6 rings (SSSR count). The van der Waals surface area contributed by atoms with Crippen LogP contribution in [0.25, 0.3) is 44.6 Å². The van der Waals surface area contributed by atoms with Gasteiger partial charge in [0.2, 0.25) is 0 Å². The van der Waals surface area contributed by atoms with Crippen LogP contribution in [0.4, 0.5) is 0 Å². The number of benzene rings is 4. The van der Waals surface area contributed by atoms with Gasteiger partial charge in [-0.05, 0) is 79.3 Å². The lowest BCUT2D eigenvalue weighted by atomic mass is 9.90. The Hall–Kier alpha value is -4.11. The van der Waals surface area contributed by atoms with E-state index in [0.29, 0.717) is 0 Å². The van der Waals surface area contributed by atoms with E-state index < -0.39 is 0 Å². The van der Waals surface area contributed by atoms with E-state index in [4.69, 9.17) is 4.98 Å². The Labute approximate surface area is 238 Å². The summed E-state index contributed by atoms with van der Waals surface area (Å²) in [6, 6.07) is 30.9. The second-order valence-corrected chi connectivity index (χ2v) is 11.2. The summed E-state index contributed by atoms with van der Waals surface area (Å²) in [5.74, 6) is 1.74. The first kappa shape index (κ1) is 26.1. The van der Waals surface area contributed by atoms with E-state index in [2.05, 4.69) is 128 Å². The number of hydrogen-bond donors (Lipinski definition) is 0. The molecule has 0 saturated carbocycles. The molecule has 4 aromatic carbocycles. The fourth-order valence-corrected chi connectivity index (χ4v) is 6.48. The first-order chi connectivity index (χ1) is 19.6. The number of aromatic nitrogens is 3. The monoisotopic (exact) mass is 525 g/mol. The lowest BCUT2D eigenvalue weighted by Crippen LogP contribution is -2.07. The van der Waals surface area contributed by atoms with Crippen molar-refractivity contribution in [3.8, 4) is 22.8 Å². The van der Waals surface area contributed by atoms with Crippen LogP contribution in [-0.2, 0) is 6.42 Å². The minimum atomic E-state index is 0.762. The Kier molecular flexibility index (Phi) is 7.30. The van der Waals surface area contributed by atoms with Crippen molar-refractivity contribution in [2.75, 3.05) is 0 Å². The number of rotatable bonds is 9. The van der Waals surface area contributed by atoms with Crippen molar-refractivity contribution in [1.29, 1.82) is 0 Å². The molecule has 0 aliphatic heterocycles. The molecule has 202 valence electrons. The van der Waals surface area contributed by atoms with Gasteiger partial charge in [0.1, 0.15) is 5.82 Å². The number of hydrogen-bond acceptors (Lipinski definition) is 1. The summed E-state index contributed by atoms with van der Waals surface area (Å²) in [6.07, 6.45) is 10.4. The van der Waals surface area contributed by atoms with Gasteiger partial charge >= 0.3 is 0 Å². The van der Waals surface area contributed by atoms with Gasteiger partial charge in [0, 0.05) is 34.4 Å². The van der Waals surface area contributed by atoms with E-state index in [1.54, 1.807) is 0 Å². The van der Waals surface area contributed by atoms with Gasteiger partial charge in [-0.2, -0.15) is 0 Å². The maximum Gasteiger partial charge on any atom is 0.144 e. The van der Waals surface area contributed by atoms with Gasteiger partial charge in [0.25, 0.3) is 0 Å². The molecule has 6 aromatic rings. The Bertz CT molecular complexity index is 1750. The molecule has 40 heavy (non-hydrogen) atoms. The third kappa shape index (κ3) is 4.75. The zero-order chi connectivity index (χ0) is 27.6. The number of unbranched alkanes of at least 4 members (excludes halogenated alkanes) is 1. The smallest absolute Gasteiger partial charge is 0.144 e. The zero-order valence-electron chi connectivity index (χ0n) is 24.2. The second-order valence-electron chi connectivity index (χ2n) is 11.2. The van der Waals surface area contributed by atoms with Gasteiger partial charge in [-0.1, -0.05) is 88.1 Å². The largest absolute Gasteiger partial charge is 0.309 e. The first-order valence-corrected chi connectivity index (χ1v) is 14.8. The Morgan fingerprint density at radius 1 is 0.775 bits per heavy atom. The molecule has 2 heterocycles. The quantitative estimate of drug-likeness (QED) is 0.184. The molecule has 0 spiro atoms. The molecular formula is C37H39N3. The van der Waals surface area contributed by atoms with Gasteiger partial charge in [-0.15, -0.1) is 0 Å². The van der Waals surface area contributed by atoms with Crippen molar-refractivity contribution in [3.05, 3.63) is 114 Å². The molecular weight excluding hydrogens is 486 g/mol. The SMILES string of the molecule is CCCCC(CC)Cc1cc(C)c(-n2ccnc2-c2ccc3c(c2)c2ccccc2n3-c2ccccc2)c(C)c1. The second kappa shape index (κ2) is 11.2. The molecule has 0 N–H and O–H groups in total. The average molecular weight is 526 g/mol. The minimum absolute atomic E-state index is 0.762. The van der Waals surface area contributed by atoms with Crippen LogP contribution < -0.4 is 0 Å². The number of aryl methyl sites for hydroxylation is 2. The highest BCUT2D eigenvalue weighted by atomic mass is 15.1. The van der Waals surface area contributed by atoms with Crippen molar-refractivity contribution in [2.45, 2.75) is 59.8 Å². The zero-order valence-corrected chi connectivity index (χ0v) is 24.2. The highest BCUT2D eigenvalue weighted by Crippen LogP contribution is 2.35. The molecule has 0 amide bonds. The standard InChI is InChI=1S/C37H39N3/c1-5-7-13-28(6-2)24-29-22-26(3)36(27(4)23-29)39-21-20-38-37(39)30-18-19-35-33(25-30)32-16-11-12-17-34(32)40(35)31-14-9-8-10-15-31/h8-12,14-23,25,28H,5-7,13,24H2,1-4H3. The fraction of sp³-hybridized carbons (Fsp3) is 0.270. The van der Waals surface area contributed by atoms with Crippen LogP contribution in [0.1, 0.15) is 56.2 Å². The van der Waals surface area contributed by atoms with Crippen molar-refractivity contribution in [1.82, 2.24) is 14.1 Å². The van der Waals surface area contributed by atoms with E-state index in [1.807, 2.05) is 6.20 Å². The Balaban J connectivity index is 1.42. The third-order valence-corrected chi connectivity index (χ3v) is 8.45. The predicted octanol–water partition coefficient (Wildman–Crippen LogP) is 10.0. The molecule has 1 atom stereocenters. The van der Waals surface area contributed by atoms with Gasteiger partial charge < -0.3 is 4.57 Å². The average Bonchev–Trinajstić information content (AvgIpc) is 3.58. The molecule has 0 bridgehead atoms. The van der Waals surface area contributed by atoms with E-state index in [9.17, 15) is 0 Å². The van der Waals surface area contributed by atoms with E-state index in [0.717, 1.165) is 23.7 Å². The molecule has 0 radical (unpaired) electrons. The number of fused-ring (bicyclic) bond motifs is 3. The van der Waals surface area contributed by atoms with E-state index in [1.165, 1.54) is 75.6 Å². The topological polar surface area (TPSA) is 22.8 Å². The number of nitrogens with zero attached hydrogens (tertiary/aromatic N) is 3. The third-order valence-electron chi connectivity index (χ3n) is 8.45. The van der Waals surface area contributed by atoms with Gasteiger partial charge in [-0.25, -0.2) is 4.98 Å². The van der Waals surface area contributed by atoms with E-state index in [-0.39, 0.29) is 0 Å². The van der Waals surface area contributed by atoms with Crippen LogP contribution in [0.15, 0.2) is 97.3 Å². The summed E-state index contributed by atoms with van der Waals surface area (Å²) in [7, 11) is 0. The molecule has 1 unspecified atom stereocenters. The van der Waals surface area contributed by atoms with Gasteiger partial charge in [0.15, 0.2) is 0 Å². The summed E-state index contributed by atoms with van der Waals surface area (Å²) in [5.41, 5.74) is 10.0. The normalized spacial score (nSPS) is 12.4. The summed E-state index contributed by atoms with van der Waals surface area (Å²) in [4.78, 5) is 4.87.